The number of halogens is 1. The second-order valence-electron chi connectivity index (χ2n) is 7.32. The van der Waals surface area contributed by atoms with E-state index < -0.39 is 5.09 Å². The molecule has 9 nitrogen and oxygen atoms in total. The summed E-state index contributed by atoms with van der Waals surface area (Å²) in [4.78, 5) is 14.7. The van der Waals surface area contributed by atoms with Gasteiger partial charge in [-0.05, 0) is 35.2 Å². The lowest BCUT2D eigenvalue weighted by atomic mass is 9.95. The number of nitrogens with zero attached hydrogens (tertiary/aromatic N) is 2. The first-order valence-electron chi connectivity index (χ1n) is 10.0. The Morgan fingerprint density at radius 2 is 1.97 bits per heavy atom. The molecule has 5 rings (SSSR count). The molecular weight excluding hydrogens is 484 g/mol. The molecule has 2 aliphatic rings. The molecule has 168 valence electrons. The third-order valence-electron chi connectivity index (χ3n) is 5.53. The van der Waals surface area contributed by atoms with Gasteiger partial charge in [-0.15, -0.1) is 10.1 Å². The zero-order chi connectivity index (χ0) is 21.4. The van der Waals surface area contributed by atoms with Gasteiger partial charge in [-0.2, -0.15) is 4.57 Å². The molecule has 3 aromatic rings. The molecular formula is C22H21BrN2O7. The van der Waals surface area contributed by atoms with Crippen LogP contribution in [0.15, 0.2) is 36.5 Å². The lowest BCUT2D eigenvalue weighted by molar-refractivity contribution is -0.757. The first kappa shape index (κ1) is 21.9. The second kappa shape index (κ2) is 9.07. The zero-order valence-corrected chi connectivity index (χ0v) is 18.9. The van der Waals surface area contributed by atoms with Crippen LogP contribution >= 0.6 is 0 Å². The molecule has 0 fully saturated rings. The largest absolute Gasteiger partial charge is 1.00 e. The summed E-state index contributed by atoms with van der Waals surface area (Å²) < 4.78 is 24.8. The van der Waals surface area contributed by atoms with Gasteiger partial charge in [0.2, 0.25) is 12.5 Å². The van der Waals surface area contributed by atoms with Gasteiger partial charge in [0.15, 0.2) is 35.7 Å². The van der Waals surface area contributed by atoms with Gasteiger partial charge < -0.3 is 40.8 Å². The molecule has 32 heavy (non-hydrogen) atoms. The van der Waals surface area contributed by atoms with E-state index in [9.17, 15) is 10.1 Å². The highest BCUT2D eigenvalue weighted by Crippen LogP contribution is 2.41. The van der Waals surface area contributed by atoms with Gasteiger partial charge in [-0.1, -0.05) is 0 Å². The fourth-order valence-corrected chi connectivity index (χ4v) is 4.08. The molecule has 0 saturated heterocycles. The Hall–Kier alpha value is -3.27. The van der Waals surface area contributed by atoms with Crippen molar-refractivity contribution in [1.82, 2.24) is 0 Å². The number of rotatable bonds is 7. The molecule has 0 aliphatic carbocycles. The van der Waals surface area contributed by atoms with Crippen LogP contribution in [0.1, 0.15) is 12.0 Å². The number of aryl methyl sites for hydroxylation is 2. The Morgan fingerprint density at radius 1 is 1.16 bits per heavy atom. The van der Waals surface area contributed by atoms with E-state index in [-0.39, 0.29) is 37.0 Å². The summed E-state index contributed by atoms with van der Waals surface area (Å²) in [5, 5.41) is 11.4. The number of benzene rings is 2. The van der Waals surface area contributed by atoms with Gasteiger partial charge in [-0.3, -0.25) is 0 Å². The topological polar surface area (TPSA) is 93.2 Å². The summed E-state index contributed by atoms with van der Waals surface area (Å²) in [6.45, 7) is 1.34. The Bertz CT molecular complexity index is 1180. The van der Waals surface area contributed by atoms with E-state index in [1.54, 1.807) is 7.11 Å². The van der Waals surface area contributed by atoms with Gasteiger partial charge in [0.05, 0.1) is 31.3 Å². The van der Waals surface area contributed by atoms with Crippen LogP contribution in [0.2, 0.25) is 0 Å². The molecule has 0 spiro atoms. The van der Waals surface area contributed by atoms with Gasteiger partial charge in [0.1, 0.15) is 0 Å². The number of hydrogen-bond acceptors (Lipinski definition) is 7. The van der Waals surface area contributed by atoms with Crippen molar-refractivity contribution in [3.05, 3.63) is 52.2 Å². The summed E-state index contributed by atoms with van der Waals surface area (Å²) in [7, 11) is 1.59. The van der Waals surface area contributed by atoms with Gasteiger partial charge in [0, 0.05) is 18.9 Å². The Labute approximate surface area is 194 Å². The van der Waals surface area contributed by atoms with E-state index in [1.165, 1.54) is 5.56 Å². The lowest BCUT2D eigenvalue weighted by Crippen LogP contribution is -3.00. The number of fused-ring (bicyclic) bond motifs is 5. The molecule has 3 heterocycles. The van der Waals surface area contributed by atoms with Crippen molar-refractivity contribution in [3.8, 4) is 34.3 Å². The Morgan fingerprint density at radius 3 is 2.75 bits per heavy atom. The maximum atomic E-state index is 10.3. The summed E-state index contributed by atoms with van der Waals surface area (Å²) in [5.41, 5.74) is 3.47. The van der Waals surface area contributed by atoms with Crippen LogP contribution in [-0.4, -0.2) is 32.2 Å². The van der Waals surface area contributed by atoms with Crippen molar-refractivity contribution >= 4 is 10.8 Å². The molecule has 0 N–H and O–H groups in total. The van der Waals surface area contributed by atoms with Crippen LogP contribution in [0.3, 0.4) is 0 Å². The Balaban J connectivity index is 0.00000245. The molecule has 0 atom stereocenters. The molecule has 0 amide bonds. The molecule has 0 radical (unpaired) electrons. The molecule has 0 unspecified atom stereocenters. The summed E-state index contributed by atoms with van der Waals surface area (Å²) in [5.74, 6) is 2.80. The van der Waals surface area contributed by atoms with Crippen molar-refractivity contribution in [2.75, 3.05) is 27.1 Å². The molecule has 2 aliphatic heterocycles. The maximum Gasteiger partial charge on any atom is 0.294 e. The monoisotopic (exact) mass is 504 g/mol. The van der Waals surface area contributed by atoms with Crippen LogP contribution in [0, 0.1) is 10.1 Å². The zero-order valence-electron chi connectivity index (χ0n) is 17.3. The van der Waals surface area contributed by atoms with E-state index in [0.29, 0.717) is 17.9 Å². The molecule has 1 aromatic heterocycles. The minimum Gasteiger partial charge on any atom is -1.00 e. The third kappa shape index (κ3) is 3.97. The summed E-state index contributed by atoms with van der Waals surface area (Å²) >= 11 is 0. The Kier molecular flexibility index (Phi) is 6.22. The van der Waals surface area contributed by atoms with Gasteiger partial charge in [-0.25, -0.2) is 0 Å². The van der Waals surface area contributed by atoms with Crippen LogP contribution in [0.5, 0.6) is 23.0 Å². The third-order valence-corrected chi connectivity index (χ3v) is 5.53. The minimum absolute atomic E-state index is 0. The number of pyridine rings is 1. The summed E-state index contributed by atoms with van der Waals surface area (Å²) in [6, 6.07) is 10.1. The van der Waals surface area contributed by atoms with Crippen LogP contribution in [0.25, 0.3) is 22.0 Å². The molecule has 0 bridgehead atoms. The maximum absolute atomic E-state index is 10.3. The number of aromatic nitrogens is 1. The van der Waals surface area contributed by atoms with Gasteiger partial charge >= 0.3 is 0 Å². The fraction of sp³-hybridized carbons (Fsp3) is 0.318. The molecule has 10 heteroatoms. The van der Waals surface area contributed by atoms with Crippen molar-refractivity contribution in [2.45, 2.75) is 19.4 Å². The first-order chi connectivity index (χ1) is 15.1. The van der Waals surface area contributed by atoms with Crippen molar-refractivity contribution in [3.63, 3.8) is 0 Å². The average Bonchev–Trinajstić information content (AvgIpc) is 3.23. The van der Waals surface area contributed by atoms with E-state index in [1.807, 2.05) is 18.2 Å². The van der Waals surface area contributed by atoms with Crippen LogP contribution in [-0.2, 0) is 17.8 Å². The van der Waals surface area contributed by atoms with Crippen LogP contribution < -0.4 is 40.5 Å². The molecule has 0 saturated carbocycles. The van der Waals surface area contributed by atoms with E-state index >= 15 is 0 Å². The van der Waals surface area contributed by atoms with Crippen LogP contribution in [0.4, 0.5) is 0 Å². The first-order valence-corrected chi connectivity index (χ1v) is 10.0. The predicted octanol–water partition coefficient (Wildman–Crippen LogP) is 0.0689. The van der Waals surface area contributed by atoms with Crippen molar-refractivity contribution in [2.24, 2.45) is 0 Å². The fourth-order valence-electron chi connectivity index (χ4n) is 4.08. The highest BCUT2D eigenvalue weighted by Gasteiger charge is 2.28. The SMILES string of the molecule is COc1ccc2cc3[n+](cc2c1OCCCO[N+](=O)[O-])CCc1cc2c(cc1-3)OCO2.[Br-]. The van der Waals surface area contributed by atoms with Crippen molar-refractivity contribution in [1.29, 1.82) is 0 Å². The number of methoxy groups -OCH3 is 1. The molecule has 2 aromatic carbocycles. The minimum atomic E-state index is -0.800. The lowest BCUT2D eigenvalue weighted by Gasteiger charge is -2.18. The van der Waals surface area contributed by atoms with E-state index in [0.717, 1.165) is 46.5 Å². The predicted molar refractivity (Wildman–Crippen MR) is 109 cm³/mol. The number of hydrogen-bond donors (Lipinski definition) is 0. The van der Waals surface area contributed by atoms with E-state index in [2.05, 4.69) is 27.7 Å². The second-order valence-corrected chi connectivity index (χ2v) is 7.32. The number of ether oxygens (including phenoxy) is 4. The normalized spacial score (nSPS) is 13.0. The average molecular weight is 505 g/mol. The van der Waals surface area contributed by atoms with Gasteiger partial charge in [0.25, 0.3) is 5.09 Å². The highest BCUT2D eigenvalue weighted by atomic mass is 79.9. The summed E-state index contributed by atoms with van der Waals surface area (Å²) in [6.07, 6.45) is 3.34. The van der Waals surface area contributed by atoms with Crippen molar-refractivity contribution < 1.29 is 50.4 Å². The highest BCUT2D eigenvalue weighted by molar-refractivity contribution is 5.91. The van der Waals surface area contributed by atoms with E-state index in [4.69, 9.17) is 18.9 Å². The standard InChI is InChI=1S/C22H21N2O7.BrH/c1-27-19-4-3-14-9-18-16-11-21-20(29-13-30-21)10-15(16)5-6-23(18)12-17(14)22(19)28-7-2-8-31-24(25)26;/h3-4,9-12H,2,5-8,13H2,1H3;1H/q+1;/p-1. The quantitative estimate of drug-likeness (QED) is 0.194. The smallest absolute Gasteiger partial charge is 0.294 e.